The van der Waals surface area contributed by atoms with Crippen molar-refractivity contribution in [2.75, 3.05) is 11.4 Å². The Labute approximate surface area is 77.5 Å². The molecular formula is C11H11NO. The maximum absolute atomic E-state index is 11.2. The summed E-state index contributed by atoms with van der Waals surface area (Å²) >= 11 is 0. The summed E-state index contributed by atoms with van der Waals surface area (Å²) in [6.07, 6.45) is 1.90. The van der Waals surface area contributed by atoms with Crippen LogP contribution in [-0.2, 0) is 4.79 Å². The minimum atomic E-state index is 0.212. The highest BCUT2D eigenvalue weighted by molar-refractivity contribution is 6.01. The van der Waals surface area contributed by atoms with Gasteiger partial charge in [0.25, 0.3) is 0 Å². The smallest absolute Gasteiger partial charge is 0.179 e. The van der Waals surface area contributed by atoms with Crippen molar-refractivity contribution in [2.24, 2.45) is 0 Å². The van der Waals surface area contributed by atoms with E-state index < -0.39 is 0 Å². The number of anilines is 1. The average molecular weight is 173 g/mol. The van der Waals surface area contributed by atoms with Gasteiger partial charge in [-0.3, -0.25) is 4.79 Å². The van der Waals surface area contributed by atoms with Crippen molar-refractivity contribution in [3.8, 4) is 0 Å². The van der Waals surface area contributed by atoms with Crippen molar-refractivity contribution < 1.29 is 4.79 Å². The molecule has 2 rings (SSSR count). The molecule has 0 amide bonds. The standard InChI is InChI=1S/C11H11NO/c1-9-7-12(8-11(9)13)10-5-3-2-4-6-10/h2-7H,8H2,1H3. The van der Waals surface area contributed by atoms with Crippen LogP contribution in [0.1, 0.15) is 6.92 Å². The largest absolute Gasteiger partial charge is 0.340 e. The van der Waals surface area contributed by atoms with Gasteiger partial charge in [-0.2, -0.15) is 0 Å². The van der Waals surface area contributed by atoms with Crippen LogP contribution in [0.4, 0.5) is 5.69 Å². The fourth-order valence-corrected chi connectivity index (χ4v) is 1.42. The lowest BCUT2D eigenvalue weighted by molar-refractivity contribution is -0.113. The molecule has 0 unspecified atom stereocenters. The molecule has 13 heavy (non-hydrogen) atoms. The SMILES string of the molecule is CC1=CN(c2ccccc2)CC1=O. The van der Waals surface area contributed by atoms with Crippen LogP contribution in [0.25, 0.3) is 0 Å². The molecular weight excluding hydrogens is 162 g/mol. The molecule has 0 atom stereocenters. The molecule has 0 fully saturated rings. The van der Waals surface area contributed by atoms with Gasteiger partial charge in [0.1, 0.15) is 0 Å². The molecule has 0 bridgehead atoms. The maximum atomic E-state index is 11.2. The van der Waals surface area contributed by atoms with Gasteiger partial charge >= 0.3 is 0 Å². The quantitative estimate of drug-likeness (QED) is 0.647. The first kappa shape index (κ1) is 8.05. The molecule has 0 N–H and O–H groups in total. The molecule has 1 heterocycles. The molecule has 2 nitrogen and oxygen atoms in total. The van der Waals surface area contributed by atoms with Gasteiger partial charge in [-0.1, -0.05) is 18.2 Å². The van der Waals surface area contributed by atoms with Crippen LogP contribution < -0.4 is 4.90 Å². The number of hydrogen-bond acceptors (Lipinski definition) is 2. The second kappa shape index (κ2) is 3.05. The summed E-state index contributed by atoms with van der Waals surface area (Å²) < 4.78 is 0. The van der Waals surface area contributed by atoms with Gasteiger partial charge in [0.2, 0.25) is 0 Å². The highest BCUT2D eigenvalue weighted by atomic mass is 16.1. The number of ketones is 1. The second-order valence-corrected chi connectivity index (χ2v) is 3.20. The van der Waals surface area contributed by atoms with Crippen molar-refractivity contribution in [1.82, 2.24) is 0 Å². The van der Waals surface area contributed by atoms with E-state index in [1.807, 2.05) is 48.4 Å². The number of rotatable bonds is 1. The fraction of sp³-hybridized carbons (Fsp3) is 0.182. The molecule has 1 aliphatic heterocycles. The molecule has 0 saturated carbocycles. The van der Waals surface area contributed by atoms with Crippen LogP contribution in [0, 0.1) is 0 Å². The van der Waals surface area contributed by atoms with Crippen molar-refractivity contribution >= 4 is 11.5 Å². The van der Waals surface area contributed by atoms with E-state index >= 15 is 0 Å². The first-order valence-electron chi connectivity index (χ1n) is 4.31. The number of carbonyl (C=O) groups excluding carboxylic acids is 1. The molecule has 2 heteroatoms. The van der Waals surface area contributed by atoms with Crippen molar-refractivity contribution in [2.45, 2.75) is 6.92 Å². The molecule has 66 valence electrons. The third-order valence-electron chi connectivity index (χ3n) is 2.19. The van der Waals surface area contributed by atoms with Gasteiger partial charge in [-0.05, 0) is 19.1 Å². The molecule has 0 saturated heterocycles. The molecule has 1 aliphatic rings. The predicted molar refractivity (Wildman–Crippen MR) is 52.6 cm³/mol. The first-order valence-corrected chi connectivity index (χ1v) is 4.31. The highest BCUT2D eigenvalue weighted by Crippen LogP contribution is 2.19. The van der Waals surface area contributed by atoms with Crippen molar-refractivity contribution in [3.63, 3.8) is 0 Å². The molecule has 0 aromatic heterocycles. The van der Waals surface area contributed by atoms with Crippen molar-refractivity contribution in [1.29, 1.82) is 0 Å². The topological polar surface area (TPSA) is 20.3 Å². The number of benzene rings is 1. The summed E-state index contributed by atoms with van der Waals surface area (Å²) in [7, 11) is 0. The van der Waals surface area contributed by atoms with Gasteiger partial charge in [0.05, 0.1) is 6.54 Å². The van der Waals surface area contributed by atoms with E-state index in [4.69, 9.17) is 0 Å². The van der Waals surface area contributed by atoms with Crippen LogP contribution in [0.2, 0.25) is 0 Å². The van der Waals surface area contributed by atoms with E-state index in [-0.39, 0.29) is 5.78 Å². The van der Waals surface area contributed by atoms with Gasteiger partial charge in [0, 0.05) is 17.5 Å². The Morgan fingerprint density at radius 3 is 2.46 bits per heavy atom. The predicted octanol–water partition coefficient (Wildman–Crippen LogP) is 1.98. The average Bonchev–Trinajstić information content (AvgIpc) is 2.49. The van der Waals surface area contributed by atoms with E-state index in [0.29, 0.717) is 6.54 Å². The Bertz CT molecular complexity index is 354. The van der Waals surface area contributed by atoms with Crippen LogP contribution in [0.15, 0.2) is 42.1 Å². The summed E-state index contributed by atoms with van der Waals surface area (Å²) in [4.78, 5) is 13.2. The molecule has 1 aromatic rings. The first-order chi connectivity index (χ1) is 6.27. The lowest BCUT2D eigenvalue weighted by Crippen LogP contribution is -2.16. The zero-order valence-corrected chi connectivity index (χ0v) is 7.53. The zero-order valence-electron chi connectivity index (χ0n) is 7.53. The molecule has 0 spiro atoms. The zero-order chi connectivity index (χ0) is 9.26. The Hall–Kier alpha value is -1.57. The van der Waals surface area contributed by atoms with Gasteiger partial charge in [-0.25, -0.2) is 0 Å². The Morgan fingerprint density at radius 1 is 1.23 bits per heavy atom. The third kappa shape index (κ3) is 1.47. The van der Waals surface area contributed by atoms with Gasteiger partial charge in [-0.15, -0.1) is 0 Å². The lowest BCUT2D eigenvalue weighted by Gasteiger charge is -2.13. The Kier molecular flexibility index (Phi) is 1.89. The van der Waals surface area contributed by atoms with Gasteiger partial charge < -0.3 is 4.90 Å². The lowest BCUT2D eigenvalue weighted by atomic mass is 10.2. The van der Waals surface area contributed by atoms with Gasteiger partial charge in [0.15, 0.2) is 5.78 Å². The number of para-hydroxylation sites is 1. The summed E-state index contributed by atoms with van der Waals surface area (Å²) in [5.74, 6) is 0.212. The minimum Gasteiger partial charge on any atom is -0.340 e. The fourth-order valence-electron chi connectivity index (χ4n) is 1.42. The summed E-state index contributed by atoms with van der Waals surface area (Å²) in [6.45, 7) is 2.33. The van der Waals surface area contributed by atoms with E-state index in [1.165, 1.54) is 0 Å². The number of hydrogen-bond donors (Lipinski definition) is 0. The molecule has 0 radical (unpaired) electrons. The number of carbonyl (C=O) groups is 1. The Balaban J connectivity index is 2.27. The summed E-state index contributed by atoms with van der Waals surface area (Å²) in [5.41, 5.74) is 1.91. The van der Waals surface area contributed by atoms with Crippen LogP contribution in [-0.4, -0.2) is 12.3 Å². The number of nitrogens with zero attached hydrogens (tertiary/aromatic N) is 1. The summed E-state index contributed by atoms with van der Waals surface area (Å²) in [5, 5.41) is 0. The molecule has 0 aliphatic carbocycles. The van der Waals surface area contributed by atoms with Crippen LogP contribution in [0.5, 0.6) is 0 Å². The maximum Gasteiger partial charge on any atom is 0.179 e. The Morgan fingerprint density at radius 2 is 1.92 bits per heavy atom. The molecule has 1 aromatic carbocycles. The van der Waals surface area contributed by atoms with Crippen LogP contribution in [0.3, 0.4) is 0 Å². The monoisotopic (exact) mass is 173 g/mol. The summed E-state index contributed by atoms with van der Waals surface area (Å²) in [6, 6.07) is 9.92. The third-order valence-corrected chi connectivity index (χ3v) is 2.19. The second-order valence-electron chi connectivity index (χ2n) is 3.20. The van der Waals surface area contributed by atoms with E-state index in [2.05, 4.69) is 0 Å². The van der Waals surface area contributed by atoms with Crippen LogP contribution >= 0.6 is 0 Å². The highest BCUT2D eigenvalue weighted by Gasteiger charge is 2.18. The van der Waals surface area contributed by atoms with E-state index in [0.717, 1.165) is 11.3 Å². The normalized spacial score (nSPS) is 16.2. The van der Waals surface area contributed by atoms with E-state index in [9.17, 15) is 4.79 Å². The van der Waals surface area contributed by atoms with Crippen molar-refractivity contribution in [3.05, 3.63) is 42.1 Å². The number of Topliss-reactive ketones (excluding diaryl/α,β-unsaturated/α-hetero) is 1. The van der Waals surface area contributed by atoms with E-state index in [1.54, 1.807) is 0 Å². The minimum absolute atomic E-state index is 0.212.